The standard InChI is InChI=1S/C18H18Cl2N4O5/c1-18(27)13(26)17(24-5-4-9-15(23-28)21-7-22-16(9)24)29-14(18)12(25)8-2-3-10(19)11(20)6-8/h2-7,12-14,17,25-28H,1H3,(H,21,22,23)/t12?,13-,14+,17+,18-/m0/s1. The van der Waals surface area contributed by atoms with Crippen molar-refractivity contribution in [3.8, 4) is 0 Å². The first-order valence-electron chi connectivity index (χ1n) is 8.66. The summed E-state index contributed by atoms with van der Waals surface area (Å²) in [6, 6.07) is 6.20. The van der Waals surface area contributed by atoms with Gasteiger partial charge in [-0.3, -0.25) is 10.7 Å². The predicted molar refractivity (Wildman–Crippen MR) is 105 cm³/mol. The van der Waals surface area contributed by atoms with E-state index in [9.17, 15) is 20.5 Å². The van der Waals surface area contributed by atoms with Gasteiger partial charge in [0.25, 0.3) is 0 Å². The van der Waals surface area contributed by atoms with Crippen molar-refractivity contribution in [2.24, 2.45) is 0 Å². The molecule has 0 bridgehead atoms. The zero-order valence-electron chi connectivity index (χ0n) is 15.1. The van der Waals surface area contributed by atoms with E-state index in [4.69, 9.17) is 27.9 Å². The summed E-state index contributed by atoms with van der Waals surface area (Å²) in [6.45, 7) is 1.38. The van der Waals surface area contributed by atoms with Gasteiger partial charge in [0.15, 0.2) is 12.0 Å². The lowest BCUT2D eigenvalue weighted by Gasteiger charge is -2.29. The summed E-state index contributed by atoms with van der Waals surface area (Å²) in [6.07, 6.45) is -2.08. The molecule has 0 saturated carbocycles. The lowest BCUT2D eigenvalue weighted by atomic mass is 9.88. The van der Waals surface area contributed by atoms with Gasteiger partial charge in [-0.2, -0.15) is 0 Å². The van der Waals surface area contributed by atoms with E-state index < -0.39 is 30.1 Å². The van der Waals surface area contributed by atoms with Crippen LogP contribution in [0.4, 0.5) is 5.82 Å². The number of aromatic nitrogens is 3. The number of hydrogen-bond donors (Lipinski definition) is 5. The van der Waals surface area contributed by atoms with Gasteiger partial charge >= 0.3 is 0 Å². The van der Waals surface area contributed by atoms with Gasteiger partial charge in [0.05, 0.1) is 15.4 Å². The molecule has 154 valence electrons. The SMILES string of the molecule is C[C@@]1(O)[C@@H](C(O)c2ccc(Cl)c(Cl)c2)O[C@@H](n2ccc3c(NO)ncnc32)[C@@H]1O. The number of aliphatic hydroxyl groups excluding tert-OH is 2. The van der Waals surface area contributed by atoms with Gasteiger partial charge in [-0.05, 0) is 30.7 Å². The van der Waals surface area contributed by atoms with Crippen molar-refractivity contribution < 1.29 is 25.3 Å². The molecule has 1 fully saturated rings. The molecule has 0 aliphatic carbocycles. The Bertz CT molecular complexity index is 1060. The normalized spacial score (nSPS) is 28.0. The quantitative estimate of drug-likeness (QED) is 0.390. The van der Waals surface area contributed by atoms with Gasteiger partial charge in [0.2, 0.25) is 0 Å². The Morgan fingerprint density at radius 3 is 2.69 bits per heavy atom. The van der Waals surface area contributed by atoms with Crippen LogP contribution in [0.5, 0.6) is 0 Å². The van der Waals surface area contributed by atoms with Gasteiger partial charge in [-0.15, -0.1) is 0 Å². The van der Waals surface area contributed by atoms with E-state index in [2.05, 4.69) is 9.97 Å². The van der Waals surface area contributed by atoms with Crippen molar-refractivity contribution in [3.05, 3.63) is 52.4 Å². The summed E-state index contributed by atoms with van der Waals surface area (Å²) in [5.41, 5.74) is 0.926. The minimum absolute atomic E-state index is 0.181. The highest BCUT2D eigenvalue weighted by Gasteiger charge is 2.55. The largest absolute Gasteiger partial charge is 0.386 e. The average molecular weight is 441 g/mol. The van der Waals surface area contributed by atoms with Gasteiger partial charge in [-0.1, -0.05) is 29.3 Å². The summed E-state index contributed by atoms with van der Waals surface area (Å²) in [5.74, 6) is 0.181. The predicted octanol–water partition coefficient (Wildman–Crippen LogP) is 2.28. The number of aliphatic hydroxyl groups is 3. The Morgan fingerprint density at radius 2 is 2.00 bits per heavy atom. The van der Waals surface area contributed by atoms with Crippen LogP contribution in [0.3, 0.4) is 0 Å². The fourth-order valence-corrected chi connectivity index (χ4v) is 3.87. The topological polar surface area (TPSA) is 133 Å². The fraction of sp³-hybridized carbons (Fsp3) is 0.333. The molecule has 9 nitrogen and oxygen atoms in total. The zero-order chi connectivity index (χ0) is 20.9. The molecule has 0 amide bonds. The second-order valence-corrected chi connectivity index (χ2v) is 7.85. The van der Waals surface area contributed by atoms with E-state index in [0.29, 0.717) is 21.6 Å². The molecule has 1 aliphatic heterocycles. The maximum atomic E-state index is 10.9. The Balaban J connectivity index is 1.71. The molecular formula is C18H18Cl2N4O5. The number of benzene rings is 1. The van der Waals surface area contributed by atoms with Crippen molar-refractivity contribution in [1.82, 2.24) is 14.5 Å². The number of nitrogens with one attached hydrogen (secondary N) is 1. The third kappa shape index (κ3) is 3.24. The Morgan fingerprint density at radius 1 is 1.24 bits per heavy atom. The van der Waals surface area contributed by atoms with E-state index in [-0.39, 0.29) is 10.8 Å². The third-order valence-corrected chi connectivity index (χ3v) is 5.93. The molecule has 29 heavy (non-hydrogen) atoms. The molecule has 0 spiro atoms. The van der Waals surface area contributed by atoms with Gasteiger partial charge in [-0.25, -0.2) is 9.97 Å². The van der Waals surface area contributed by atoms with Gasteiger partial charge in [0, 0.05) is 6.20 Å². The molecule has 0 radical (unpaired) electrons. The molecular weight excluding hydrogens is 423 g/mol. The van der Waals surface area contributed by atoms with E-state index in [0.717, 1.165) is 0 Å². The highest BCUT2D eigenvalue weighted by atomic mass is 35.5. The number of anilines is 1. The smallest absolute Gasteiger partial charge is 0.164 e. The lowest BCUT2D eigenvalue weighted by molar-refractivity contribution is -0.115. The first-order valence-corrected chi connectivity index (χ1v) is 9.42. The van der Waals surface area contributed by atoms with Crippen molar-refractivity contribution in [2.45, 2.75) is 37.1 Å². The van der Waals surface area contributed by atoms with Crippen LogP contribution in [0.2, 0.25) is 10.0 Å². The highest BCUT2D eigenvalue weighted by molar-refractivity contribution is 6.42. The molecule has 1 unspecified atom stereocenters. The number of halogens is 2. The maximum absolute atomic E-state index is 10.9. The second kappa shape index (κ2) is 7.37. The van der Waals surface area contributed by atoms with Gasteiger partial charge in [0.1, 0.15) is 35.9 Å². The van der Waals surface area contributed by atoms with E-state index >= 15 is 0 Å². The first kappa shape index (κ1) is 20.3. The van der Waals surface area contributed by atoms with Crippen LogP contribution in [0.15, 0.2) is 36.8 Å². The Hall–Kier alpha value is -1.98. The van der Waals surface area contributed by atoms with Crippen molar-refractivity contribution in [1.29, 1.82) is 0 Å². The molecule has 3 heterocycles. The molecule has 3 aromatic rings. The molecule has 5 N–H and O–H groups in total. The minimum atomic E-state index is -1.79. The molecule has 1 aliphatic rings. The summed E-state index contributed by atoms with van der Waals surface area (Å²) in [5, 5.41) is 42.8. The number of hydrogen-bond acceptors (Lipinski definition) is 8. The summed E-state index contributed by atoms with van der Waals surface area (Å²) in [7, 11) is 0. The van der Waals surface area contributed by atoms with Crippen LogP contribution in [0.25, 0.3) is 11.0 Å². The summed E-state index contributed by atoms with van der Waals surface area (Å²) >= 11 is 12.0. The van der Waals surface area contributed by atoms with Crippen LogP contribution in [-0.2, 0) is 4.74 Å². The van der Waals surface area contributed by atoms with Crippen molar-refractivity contribution in [2.75, 3.05) is 5.48 Å². The van der Waals surface area contributed by atoms with Crippen molar-refractivity contribution >= 4 is 40.1 Å². The van der Waals surface area contributed by atoms with E-state index in [1.54, 1.807) is 18.3 Å². The highest BCUT2D eigenvalue weighted by Crippen LogP contribution is 2.44. The first-order chi connectivity index (χ1) is 13.8. The van der Waals surface area contributed by atoms with Crippen LogP contribution in [-0.4, -0.2) is 52.9 Å². The fourth-order valence-electron chi connectivity index (χ4n) is 3.57. The third-order valence-electron chi connectivity index (χ3n) is 5.19. The zero-order valence-corrected chi connectivity index (χ0v) is 16.6. The summed E-state index contributed by atoms with van der Waals surface area (Å²) in [4.78, 5) is 8.07. The number of ether oxygens (including phenoxy) is 1. The van der Waals surface area contributed by atoms with Crippen molar-refractivity contribution in [3.63, 3.8) is 0 Å². The van der Waals surface area contributed by atoms with Gasteiger partial charge < -0.3 is 24.6 Å². The molecule has 5 atom stereocenters. The lowest BCUT2D eigenvalue weighted by Crippen LogP contribution is -2.47. The van der Waals surface area contributed by atoms with Crippen LogP contribution < -0.4 is 5.48 Å². The van der Waals surface area contributed by atoms with Crippen LogP contribution in [0, 0.1) is 0 Å². The van der Waals surface area contributed by atoms with Crippen LogP contribution >= 0.6 is 23.2 Å². The Labute approximate surface area is 175 Å². The van der Waals surface area contributed by atoms with Crippen LogP contribution in [0.1, 0.15) is 24.8 Å². The maximum Gasteiger partial charge on any atom is 0.164 e. The van der Waals surface area contributed by atoms with E-state index in [1.165, 1.54) is 30.0 Å². The Kier molecular flexibility index (Phi) is 5.16. The minimum Gasteiger partial charge on any atom is -0.386 e. The van der Waals surface area contributed by atoms with E-state index in [1.807, 2.05) is 5.48 Å². The number of nitrogens with zero attached hydrogens (tertiary/aromatic N) is 3. The molecule has 4 rings (SSSR count). The molecule has 11 heteroatoms. The molecule has 2 aromatic heterocycles. The second-order valence-electron chi connectivity index (χ2n) is 7.03. The monoisotopic (exact) mass is 440 g/mol. The number of fused-ring (bicyclic) bond motifs is 1. The summed E-state index contributed by atoms with van der Waals surface area (Å²) < 4.78 is 7.39. The molecule has 1 saturated heterocycles. The molecule has 1 aromatic carbocycles. The number of rotatable bonds is 4. The average Bonchev–Trinajstić information content (AvgIpc) is 3.22.